The number of nitrogens with one attached hydrogen (secondary N) is 1. The van der Waals surface area contributed by atoms with Crippen molar-refractivity contribution < 1.29 is 19.2 Å². The second kappa shape index (κ2) is 7.13. The van der Waals surface area contributed by atoms with Gasteiger partial charge in [-0.2, -0.15) is 0 Å². The van der Waals surface area contributed by atoms with Crippen LogP contribution in [0.25, 0.3) is 0 Å². The maximum absolute atomic E-state index is 13.2. The fraction of sp³-hybridized carbons (Fsp3) is 0.500. The van der Waals surface area contributed by atoms with Crippen LogP contribution in [0.4, 0.5) is 5.69 Å². The number of fused-ring (bicyclic) bond motifs is 1. The monoisotopic (exact) mass is 369 g/mol. The molecule has 3 heterocycles. The van der Waals surface area contributed by atoms with Gasteiger partial charge in [-0.25, -0.2) is 0 Å². The summed E-state index contributed by atoms with van der Waals surface area (Å²) in [5, 5.41) is 2.23. The zero-order chi connectivity index (χ0) is 19.0. The number of carbonyl (C=O) groups excluding carboxylic acids is 4. The number of amides is 4. The second-order valence-electron chi connectivity index (χ2n) is 7.40. The van der Waals surface area contributed by atoms with Crippen LogP contribution in [0.15, 0.2) is 18.2 Å². The number of nitrogens with zero attached hydrogens (tertiary/aromatic N) is 2. The van der Waals surface area contributed by atoms with Gasteiger partial charge < -0.3 is 4.90 Å². The van der Waals surface area contributed by atoms with Crippen molar-refractivity contribution in [3.05, 3.63) is 29.3 Å². The molecular weight excluding hydrogens is 346 g/mol. The summed E-state index contributed by atoms with van der Waals surface area (Å²) in [6, 6.07) is 4.41. The average Bonchev–Trinajstić information content (AvgIpc) is 2.87. The third kappa shape index (κ3) is 3.11. The standard InChI is InChI=1S/C20H23N3O4/c24-16-10-9-15(18(25)21-16)23-19(26)13-7-6-8-14(17(13)20(23)27)22-11-4-2-1-3-5-12-22/h6-8,15H,1-5,9-12H2,(H,21,24,25). The Morgan fingerprint density at radius 2 is 1.59 bits per heavy atom. The normalized spacial score (nSPS) is 23.8. The molecule has 4 rings (SSSR count). The quantitative estimate of drug-likeness (QED) is 0.804. The molecule has 0 aromatic heterocycles. The van der Waals surface area contributed by atoms with Crippen molar-refractivity contribution >= 4 is 29.3 Å². The molecule has 4 amide bonds. The van der Waals surface area contributed by atoms with E-state index in [1.165, 1.54) is 19.3 Å². The van der Waals surface area contributed by atoms with Gasteiger partial charge in [0, 0.05) is 19.5 Å². The van der Waals surface area contributed by atoms with Crippen molar-refractivity contribution in [1.29, 1.82) is 0 Å². The lowest BCUT2D eigenvalue weighted by Crippen LogP contribution is -2.54. The first kappa shape index (κ1) is 17.7. The highest BCUT2D eigenvalue weighted by molar-refractivity contribution is 6.25. The molecule has 1 aromatic carbocycles. The first-order valence-electron chi connectivity index (χ1n) is 9.67. The Morgan fingerprint density at radius 1 is 0.889 bits per heavy atom. The topological polar surface area (TPSA) is 86.8 Å². The van der Waals surface area contributed by atoms with Crippen LogP contribution in [0.1, 0.15) is 65.7 Å². The van der Waals surface area contributed by atoms with Crippen LogP contribution >= 0.6 is 0 Å². The fourth-order valence-electron chi connectivity index (χ4n) is 4.25. The van der Waals surface area contributed by atoms with Crippen LogP contribution in [0.2, 0.25) is 0 Å². The summed E-state index contributed by atoms with van der Waals surface area (Å²) >= 11 is 0. The van der Waals surface area contributed by atoms with Crippen molar-refractivity contribution in [1.82, 2.24) is 10.2 Å². The minimum atomic E-state index is -0.921. The van der Waals surface area contributed by atoms with Crippen molar-refractivity contribution in [2.75, 3.05) is 18.0 Å². The lowest BCUT2D eigenvalue weighted by Gasteiger charge is -2.29. The summed E-state index contributed by atoms with van der Waals surface area (Å²) in [6.07, 6.45) is 5.99. The van der Waals surface area contributed by atoms with Crippen LogP contribution in [-0.4, -0.2) is 47.7 Å². The Labute approximate surface area is 157 Å². The summed E-state index contributed by atoms with van der Waals surface area (Å²) in [6.45, 7) is 1.71. The summed E-state index contributed by atoms with van der Waals surface area (Å²) < 4.78 is 0. The van der Waals surface area contributed by atoms with Gasteiger partial charge in [0.25, 0.3) is 11.8 Å². The molecule has 7 nitrogen and oxygen atoms in total. The Kier molecular flexibility index (Phi) is 4.68. The lowest BCUT2D eigenvalue weighted by atomic mass is 10.0. The molecule has 2 fully saturated rings. The first-order chi connectivity index (χ1) is 13.1. The molecule has 0 spiro atoms. The van der Waals surface area contributed by atoms with E-state index in [2.05, 4.69) is 10.2 Å². The second-order valence-corrected chi connectivity index (χ2v) is 7.40. The molecule has 0 saturated carbocycles. The molecule has 0 aliphatic carbocycles. The molecule has 2 saturated heterocycles. The van der Waals surface area contributed by atoms with Gasteiger partial charge in [0.15, 0.2) is 0 Å². The minimum absolute atomic E-state index is 0.128. The van der Waals surface area contributed by atoms with Crippen LogP contribution < -0.4 is 10.2 Å². The molecule has 142 valence electrons. The number of carbonyl (C=O) groups is 4. The third-order valence-corrected chi connectivity index (χ3v) is 5.64. The maximum Gasteiger partial charge on any atom is 0.264 e. The lowest BCUT2D eigenvalue weighted by molar-refractivity contribution is -0.136. The van der Waals surface area contributed by atoms with Gasteiger partial charge >= 0.3 is 0 Å². The highest BCUT2D eigenvalue weighted by atomic mass is 16.2. The summed E-state index contributed by atoms with van der Waals surface area (Å²) in [4.78, 5) is 52.9. The molecule has 0 bridgehead atoms. The number of imide groups is 2. The Bertz CT molecular complexity index is 811. The Balaban J connectivity index is 1.67. The molecule has 27 heavy (non-hydrogen) atoms. The van der Waals surface area contributed by atoms with Crippen molar-refractivity contribution in [2.45, 2.75) is 51.0 Å². The summed E-state index contributed by atoms with van der Waals surface area (Å²) in [5.74, 6) is -1.82. The minimum Gasteiger partial charge on any atom is -0.371 e. The van der Waals surface area contributed by atoms with Gasteiger partial charge in [-0.1, -0.05) is 25.3 Å². The fourth-order valence-corrected chi connectivity index (χ4v) is 4.25. The molecule has 1 N–H and O–H groups in total. The molecule has 7 heteroatoms. The highest BCUT2D eigenvalue weighted by Gasteiger charge is 2.46. The van der Waals surface area contributed by atoms with E-state index in [0.29, 0.717) is 11.1 Å². The molecule has 1 unspecified atom stereocenters. The van der Waals surface area contributed by atoms with E-state index in [1.807, 2.05) is 6.07 Å². The van der Waals surface area contributed by atoms with E-state index in [1.54, 1.807) is 12.1 Å². The van der Waals surface area contributed by atoms with Crippen LogP contribution in [0, 0.1) is 0 Å². The van der Waals surface area contributed by atoms with Crippen LogP contribution in [0.5, 0.6) is 0 Å². The molecule has 0 radical (unpaired) electrons. The van der Waals surface area contributed by atoms with Crippen molar-refractivity contribution in [2.24, 2.45) is 0 Å². The number of rotatable bonds is 2. The first-order valence-corrected chi connectivity index (χ1v) is 9.67. The van der Waals surface area contributed by atoms with Gasteiger partial charge in [0.2, 0.25) is 11.8 Å². The van der Waals surface area contributed by atoms with Gasteiger partial charge in [-0.05, 0) is 31.4 Å². The largest absolute Gasteiger partial charge is 0.371 e. The van der Waals surface area contributed by atoms with Gasteiger partial charge in [0.05, 0.1) is 16.8 Å². The van der Waals surface area contributed by atoms with Gasteiger partial charge in [-0.3, -0.25) is 29.4 Å². The molecule has 3 aliphatic rings. The van der Waals surface area contributed by atoms with Crippen LogP contribution in [-0.2, 0) is 9.59 Å². The Hall–Kier alpha value is -2.70. The molecule has 3 aliphatic heterocycles. The van der Waals surface area contributed by atoms with Crippen molar-refractivity contribution in [3.8, 4) is 0 Å². The zero-order valence-electron chi connectivity index (χ0n) is 15.2. The highest BCUT2D eigenvalue weighted by Crippen LogP contribution is 2.34. The number of anilines is 1. The van der Waals surface area contributed by atoms with E-state index in [-0.39, 0.29) is 18.7 Å². The SMILES string of the molecule is O=C1CCC(N2C(=O)c3cccc(N4CCCCCCC4)c3C2=O)C(=O)N1. The zero-order valence-corrected chi connectivity index (χ0v) is 15.2. The molecule has 1 atom stereocenters. The number of hydrogen-bond donors (Lipinski definition) is 1. The number of hydrogen-bond acceptors (Lipinski definition) is 5. The molecular formula is C20H23N3O4. The third-order valence-electron chi connectivity index (χ3n) is 5.64. The summed E-state index contributed by atoms with van der Waals surface area (Å²) in [5.41, 5.74) is 1.53. The van der Waals surface area contributed by atoms with Gasteiger partial charge in [0.1, 0.15) is 6.04 Å². The maximum atomic E-state index is 13.2. The van der Waals surface area contributed by atoms with E-state index >= 15 is 0 Å². The van der Waals surface area contributed by atoms with E-state index in [9.17, 15) is 19.2 Å². The predicted molar refractivity (Wildman–Crippen MR) is 98.4 cm³/mol. The number of piperidine rings is 1. The average molecular weight is 369 g/mol. The van der Waals surface area contributed by atoms with E-state index in [0.717, 1.165) is 36.5 Å². The van der Waals surface area contributed by atoms with E-state index < -0.39 is 23.8 Å². The van der Waals surface area contributed by atoms with Gasteiger partial charge in [-0.15, -0.1) is 0 Å². The molecule has 1 aromatic rings. The van der Waals surface area contributed by atoms with Crippen LogP contribution in [0.3, 0.4) is 0 Å². The smallest absolute Gasteiger partial charge is 0.264 e. The van der Waals surface area contributed by atoms with Crippen molar-refractivity contribution in [3.63, 3.8) is 0 Å². The van der Waals surface area contributed by atoms with E-state index in [4.69, 9.17) is 0 Å². The Morgan fingerprint density at radius 3 is 2.30 bits per heavy atom. The summed E-state index contributed by atoms with van der Waals surface area (Å²) in [7, 11) is 0. The number of benzene rings is 1. The predicted octanol–water partition coefficient (Wildman–Crippen LogP) is 1.86.